The van der Waals surface area contributed by atoms with E-state index in [9.17, 15) is 5.11 Å². The van der Waals surface area contributed by atoms with Crippen LogP contribution < -0.4 is 15.5 Å². The first-order valence-corrected chi connectivity index (χ1v) is 10.1. The van der Waals surface area contributed by atoms with E-state index in [4.69, 9.17) is 4.99 Å². The van der Waals surface area contributed by atoms with Gasteiger partial charge in [-0.2, -0.15) is 0 Å². The van der Waals surface area contributed by atoms with Crippen molar-refractivity contribution < 1.29 is 5.11 Å². The Labute approximate surface area is 157 Å². The number of pyridine rings is 1. The quantitative estimate of drug-likeness (QED) is 0.556. The number of guanidine groups is 1. The van der Waals surface area contributed by atoms with Gasteiger partial charge in [0.05, 0.1) is 12.1 Å². The lowest BCUT2D eigenvalue weighted by Crippen LogP contribution is -2.49. The summed E-state index contributed by atoms with van der Waals surface area (Å²) in [7, 11) is 0. The number of nitrogens with zero attached hydrogens (tertiary/aromatic N) is 3. The predicted octanol–water partition coefficient (Wildman–Crippen LogP) is 2.30. The highest BCUT2D eigenvalue weighted by Gasteiger charge is 2.29. The van der Waals surface area contributed by atoms with Gasteiger partial charge in [-0.05, 0) is 44.7 Å². The number of nitrogens with one attached hydrogen (secondary N) is 2. The van der Waals surface area contributed by atoms with Crippen LogP contribution in [0.15, 0.2) is 29.4 Å². The minimum atomic E-state index is -0.608. The summed E-state index contributed by atoms with van der Waals surface area (Å²) >= 11 is 0. The summed E-state index contributed by atoms with van der Waals surface area (Å²) in [4.78, 5) is 11.5. The van der Waals surface area contributed by atoms with Gasteiger partial charge in [0.25, 0.3) is 0 Å². The number of hydrogen-bond donors (Lipinski definition) is 3. The van der Waals surface area contributed by atoms with Gasteiger partial charge in [-0.1, -0.05) is 25.3 Å². The van der Waals surface area contributed by atoms with E-state index in [0.29, 0.717) is 12.6 Å². The Hall–Kier alpha value is -1.82. The van der Waals surface area contributed by atoms with Gasteiger partial charge in [-0.25, -0.2) is 4.98 Å². The molecule has 1 aliphatic carbocycles. The summed E-state index contributed by atoms with van der Waals surface area (Å²) in [6.07, 6.45) is 9.18. The molecule has 3 N–H and O–H groups in total. The lowest BCUT2D eigenvalue weighted by atomic mass is 9.85. The zero-order valence-corrected chi connectivity index (χ0v) is 16.0. The molecule has 1 aliphatic heterocycles. The zero-order valence-electron chi connectivity index (χ0n) is 16.0. The van der Waals surface area contributed by atoms with E-state index in [1.807, 2.05) is 18.3 Å². The molecule has 0 bridgehead atoms. The minimum absolute atomic E-state index is 0.411. The second-order valence-corrected chi connectivity index (χ2v) is 7.57. The summed E-state index contributed by atoms with van der Waals surface area (Å²) in [6, 6.07) is 6.48. The predicted molar refractivity (Wildman–Crippen MR) is 107 cm³/mol. The van der Waals surface area contributed by atoms with Gasteiger partial charge in [-0.15, -0.1) is 0 Å². The highest BCUT2D eigenvalue weighted by atomic mass is 16.3. The van der Waals surface area contributed by atoms with Gasteiger partial charge >= 0.3 is 0 Å². The third kappa shape index (κ3) is 5.34. The van der Waals surface area contributed by atoms with Crippen molar-refractivity contribution in [2.75, 3.05) is 31.1 Å². The minimum Gasteiger partial charge on any atom is -0.388 e. The van der Waals surface area contributed by atoms with Crippen LogP contribution in [0.5, 0.6) is 0 Å². The molecule has 144 valence electrons. The summed E-state index contributed by atoms with van der Waals surface area (Å²) in [5, 5.41) is 17.6. The largest absolute Gasteiger partial charge is 0.388 e. The molecule has 1 saturated heterocycles. The molecule has 6 nitrogen and oxygen atoms in total. The van der Waals surface area contributed by atoms with E-state index in [0.717, 1.165) is 69.9 Å². The van der Waals surface area contributed by atoms with Gasteiger partial charge in [0.15, 0.2) is 5.96 Å². The Balaban J connectivity index is 1.51. The maximum Gasteiger partial charge on any atom is 0.191 e. The fourth-order valence-corrected chi connectivity index (χ4v) is 3.90. The lowest BCUT2D eigenvalue weighted by Gasteiger charge is -2.34. The first-order valence-electron chi connectivity index (χ1n) is 10.1. The molecule has 0 unspecified atom stereocenters. The molecule has 1 aromatic heterocycles. The Morgan fingerprint density at radius 3 is 2.69 bits per heavy atom. The molecule has 26 heavy (non-hydrogen) atoms. The summed E-state index contributed by atoms with van der Waals surface area (Å²) < 4.78 is 0. The Morgan fingerprint density at radius 2 is 2.04 bits per heavy atom. The third-order valence-electron chi connectivity index (χ3n) is 5.47. The van der Waals surface area contributed by atoms with Crippen LogP contribution >= 0.6 is 0 Å². The van der Waals surface area contributed by atoms with Crippen LogP contribution in [-0.2, 0) is 0 Å². The van der Waals surface area contributed by atoms with Crippen molar-refractivity contribution in [3.8, 4) is 0 Å². The summed E-state index contributed by atoms with van der Waals surface area (Å²) in [6.45, 7) is 5.40. The third-order valence-corrected chi connectivity index (χ3v) is 5.47. The fourth-order valence-electron chi connectivity index (χ4n) is 3.90. The SMILES string of the molecule is CCNC(=NCC1(O)CCCCC1)NC1CCN(c2ccccn2)CC1. The van der Waals surface area contributed by atoms with E-state index < -0.39 is 5.60 Å². The first kappa shape index (κ1) is 19.0. The van der Waals surface area contributed by atoms with Gasteiger partial charge in [0.1, 0.15) is 5.82 Å². The second-order valence-electron chi connectivity index (χ2n) is 7.57. The number of aromatic nitrogens is 1. The highest BCUT2D eigenvalue weighted by molar-refractivity contribution is 5.80. The van der Waals surface area contributed by atoms with Crippen molar-refractivity contribution in [2.45, 2.75) is 63.5 Å². The second kappa shape index (κ2) is 9.21. The number of aliphatic hydroxyl groups is 1. The summed E-state index contributed by atoms with van der Waals surface area (Å²) in [5.74, 6) is 1.90. The Morgan fingerprint density at radius 1 is 1.27 bits per heavy atom. The van der Waals surface area contributed by atoms with Gasteiger partial charge in [0, 0.05) is 31.9 Å². The Bertz CT molecular complexity index is 563. The number of anilines is 1. The molecule has 0 amide bonds. The number of aliphatic imine (C=N–C) groups is 1. The number of hydrogen-bond acceptors (Lipinski definition) is 4. The van der Waals surface area contributed by atoms with Crippen LogP contribution in [0.3, 0.4) is 0 Å². The molecule has 6 heteroatoms. The maximum atomic E-state index is 10.7. The highest BCUT2D eigenvalue weighted by Crippen LogP contribution is 2.28. The van der Waals surface area contributed by atoms with E-state index in [-0.39, 0.29) is 0 Å². The molecule has 0 radical (unpaired) electrons. The molecule has 0 atom stereocenters. The van der Waals surface area contributed by atoms with E-state index in [1.165, 1.54) is 6.42 Å². The van der Waals surface area contributed by atoms with E-state index >= 15 is 0 Å². The molecule has 1 aromatic rings. The molecule has 0 aromatic carbocycles. The van der Waals surface area contributed by atoms with Crippen molar-refractivity contribution in [3.63, 3.8) is 0 Å². The van der Waals surface area contributed by atoms with Crippen molar-refractivity contribution in [1.82, 2.24) is 15.6 Å². The fraction of sp³-hybridized carbons (Fsp3) is 0.700. The molecular formula is C20H33N5O. The van der Waals surface area contributed by atoms with Gasteiger partial charge in [0.2, 0.25) is 0 Å². The van der Waals surface area contributed by atoms with Crippen LogP contribution in [0.25, 0.3) is 0 Å². The molecular weight excluding hydrogens is 326 g/mol. The smallest absolute Gasteiger partial charge is 0.191 e. The van der Waals surface area contributed by atoms with Crippen LogP contribution in [0.2, 0.25) is 0 Å². The van der Waals surface area contributed by atoms with Gasteiger partial charge < -0.3 is 20.6 Å². The van der Waals surface area contributed by atoms with Crippen molar-refractivity contribution in [3.05, 3.63) is 24.4 Å². The standard InChI is InChI=1S/C20H33N5O/c1-2-21-19(23-16-20(26)11-5-3-6-12-20)24-17-9-14-25(15-10-17)18-8-4-7-13-22-18/h4,7-8,13,17,26H,2-3,5-6,9-12,14-16H2,1H3,(H2,21,23,24). The molecule has 2 aliphatic rings. The van der Waals surface area contributed by atoms with Crippen LogP contribution in [-0.4, -0.2) is 53.9 Å². The number of piperidine rings is 1. The normalized spacial score (nSPS) is 21.5. The topological polar surface area (TPSA) is 72.8 Å². The summed E-state index contributed by atoms with van der Waals surface area (Å²) in [5.41, 5.74) is -0.608. The molecule has 2 heterocycles. The van der Waals surface area contributed by atoms with E-state index in [2.05, 4.69) is 33.5 Å². The molecule has 1 saturated carbocycles. The monoisotopic (exact) mass is 359 g/mol. The molecule has 0 spiro atoms. The maximum absolute atomic E-state index is 10.7. The van der Waals surface area contributed by atoms with Crippen molar-refractivity contribution >= 4 is 11.8 Å². The van der Waals surface area contributed by atoms with Crippen molar-refractivity contribution in [2.24, 2.45) is 4.99 Å². The van der Waals surface area contributed by atoms with Gasteiger partial charge in [-0.3, -0.25) is 4.99 Å². The van der Waals surface area contributed by atoms with Crippen LogP contribution in [0, 0.1) is 0 Å². The average molecular weight is 360 g/mol. The first-order chi connectivity index (χ1) is 12.7. The Kier molecular flexibility index (Phi) is 6.72. The van der Waals surface area contributed by atoms with Crippen LogP contribution in [0.1, 0.15) is 51.9 Å². The zero-order chi connectivity index (χ0) is 18.2. The van der Waals surface area contributed by atoms with E-state index in [1.54, 1.807) is 0 Å². The van der Waals surface area contributed by atoms with Crippen LogP contribution in [0.4, 0.5) is 5.82 Å². The van der Waals surface area contributed by atoms with Crippen molar-refractivity contribution in [1.29, 1.82) is 0 Å². The molecule has 3 rings (SSSR count). The molecule has 2 fully saturated rings. The number of rotatable bonds is 5. The average Bonchev–Trinajstić information content (AvgIpc) is 2.68. The lowest BCUT2D eigenvalue weighted by molar-refractivity contribution is 0.0131.